The van der Waals surface area contributed by atoms with Gasteiger partial charge in [-0.05, 0) is 31.9 Å². The smallest absolute Gasteiger partial charge is 0.309 e. The second-order valence-corrected chi connectivity index (χ2v) is 6.65. The van der Waals surface area contributed by atoms with Crippen molar-refractivity contribution in [2.45, 2.75) is 24.7 Å². The van der Waals surface area contributed by atoms with Crippen molar-refractivity contribution in [3.63, 3.8) is 0 Å². The molecule has 1 aliphatic carbocycles. The van der Waals surface area contributed by atoms with Gasteiger partial charge in [0.15, 0.2) is 0 Å². The van der Waals surface area contributed by atoms with Gasteiger partial charge in [-0.3, -0.25) is 4.79 Å². The van der Waals surface area contributed by atoms with Gasteiger partial charge in [-0.25, -0.2) is 8.42 Å². The molecule has 0 radical (unpaired) electrons. The van der Waals surface area contributed by atoms with Crippen molar-refractivity contribution >= 4 is 15.8 Å². The number of ether oxygens (including phenoxy) is 1. The van der Waals surface area contributed by atoms with Crippen LogP contribution in [0.15, 0.2) is 40.1 Å². The number of esters is 1. The number of benzene rings is 1. The van der Waals surface area contributed by atoms with Crippen LogP contribution in [0.3, 0.4) is 0 Å². The zero-order valence-electron chi connectivity index (χ0n) is 10.9. The van der Waals surface area contributed by atoms with E-state index in [1.807, 2.05) is 6.92 Å². The number of carbonyl (C=O) groups excluding carboxylic acids is 1. The van der Waals surface area contributed by atoms with E-state index in [4.69, 9.17) is 0 Å². The minimum Gasteiger partial charge on any atom is -0.469 e. The van der Waals surface area contributed by atoms with Crippen LogP contribution in [-0.4, -0.2) is 21.5 Å². The summed E-state index contributed by atoms with van der Waals surface area (Å²) in [6.07, 6.45) is 2.27. The van der Waals surface area contributed by atoms with Gasteiger partial charge in [0.1, 0.15) is 0 Å². The van der Waals surface area contributed by atoms with Gasteiger partial charge in [0.25, 0.3) is 0 Å². The molecular formula is C14H16O4S. The molecule has 1 atom stereocenters. The van der Waals surface area contributed by atoms with Crippen molar-refractivity contribution in [2.24, 2.45) is 5.92 Å². The number of carbonyl (C=O) groups is 1. The first-order valence-electron chi connectivity index (χ1n) is 6.04. The predicted octanol–water partition coefficient (Wildman–Crippen LogP) is 2.24. The first-order chi connectivity index (χ1) is 8.95. The lowest BCUT2D eigenvalue weighted by molar-refractivity contribution is -0.145. The van der Waals surface area contributed by atoms with Crippen LogP contribution >= 0.6 is 0 Å². The molecule has 1 aliphatic rings. The summed E-state index contributed by atoms with van der Waals surface area (Å²) in [5.74, 6) is -0.731. The summed E-state index contributed by atoms with van der Waals surface area (Å²) in [4.78, 5) is 12.0. The highest BCUT2D eigenvalue weighted by Gasteiger charge is 2.31. The lowest BCUT2D eigenvalue weighted by Crippen LogP contribution is -2.14. The molecule has 0 fully saturated rings. The van der Waals surface area contributed by atoms with Gasteiger partial charge in [-0.15, -0.1) is 0 Å². The highest BCUT2D eigenvalue weighted by molar-refractivity contribution is 7.95. The van der Waals surface area contributed by atoms with E-state index >= 15 is 0 Å². The molecule has 0 amide bonds. The average Bonchev–Trinajstić information content (AvgIpc) is 2.88. The third-order valence-corrected chi connectivity index (χ3v) is 5.21. The monoisotopic (exact) mass is 280 g/mol. The highest BCUT2D eigenvalue weighted by atomic mass is 32.2. The minimum atomic E-state index is -3.48. The summed E-state index contributed by atoms with van der Waals surface area (Å²) in [5, 5.41) is 0. The molecular weight excluding hydrogens is 264 g/mol. The third-order valence-electron chi connectivity index (χ3n) is 3.29. The zero-order valence-corrected chi connectivity index (χ0v) is 11.7. The Labute approximate surface area is 113 Å². The van der Waals surface area contributed by atoms with Gasteiger partial charge in [0, 0.05) is 4.91 Å². The molecule has 0 aromatic heterocycles. The topological polar surface area (TPSA) is 60.4 Å². The average molecular weight is 280 g/mol. The molecule has 0 N–H and O–H groups in total. The van der Waals surface area contributed by atoms with Crippen molar-refractivity contribution in [1.29, 1.82) is 0 Å². The van der Waals surface area contributed by atoms with E-state index in [0.717, 1.165) is 5.56 Å². The van der Waals surface area contributed by atoms with E-state index in [2.05, 4.69) is 4.74 Å². The van der Waals surface area contributed by atoms with Gasteiger partial charge in [-0.1, -0.05) is 23.8 Å². The second kappa shape index (κ2) is 5.17. The molecule has 19 heavy (non-hydrogen) atoms. The summed E-state index contributed by atoms with van der Waals surface area (Å²) in [6, 6.07) is 6.72. The number of methoxy groups -OCH3 is 1. The number of rotatable bonds is 3. The van der Waals surface area contributed by atoms with E-state index in [1.54, 1.807) is 30.3 Å². The van der Waals surface area contributed by atoms with Crippen LogP contribution in [0, 0.1) is 12.8 Å². The largest absolute Gasteiger partial charge is 0.469 e. The predicted molar refractivity (Wildman–Crippen MR) is 71.2 cm³/mol. The Bertz CT molecular complexity index is 611. The standard InChI is InChI=1S/C14H16O4S/c1-10-3-6-12(7-4-10)19(16,17)13-8-5-11(9-13)14(15)18-2/h3-4,6-8,11H,5,9H2,1-2H3. The maximum absolute atomic E-state index is 12.4. The fourth-order valence-electron chi connectivity index (χ4n) is 2.12. The Morgan fingerprint density at radius 3 is 2.47 bits per heavy atom. The van der Waals surface area contributed by atoms with E-state index in [9.17, 15) is 13.2 Å². The molecule has 0 saturated heterocycles. The molecule has 5 heteroatoms. The second-order valence-electron chi connectivity index (χ2n) is 4.65. The molecule has 0 spiro atoms. The molecule has 1 aromatic rings. The van der Waals surface area contributed by atoms with Crippen molar-refractivity contribution in [3.05, 3.63) is 40.8 Å². The van der Waals surface area contributed by atoms with Crippen LogP contribution in [0.1, 0.15) is 18.4 Å². The van der Waals surface area contributed by atoms with Crippen molar-refractivity contribution in [2.75, 3.05) is 7.11 Å². The summed E-state index contributed by atoms with van der Waals surface area (Å²) in [6.45, 7) is 1.90. The van der Waals surface area contributed by atoms with Crippen LogP contribution in [-0.2, 0) is 19.4 Å². The third kappa shape index (κ3) is 2.71. The SMILES string of the molecule is COC(=O)C1CC=C(S(=O)(=O)c2ccc(C)cc2)C1. The van der Waals surface area contributed by atoms with Gasteiger partial charge < -0.3 is 4.74 Å². The fraction of sp³-hybridized carbons (Fsp3) is 0.357. The summed E-state index contributed by atoms with van der Waals surface area (Å²) in [5.41, 5.74) is 1.01. The Morgan fingerprint density at radius 2 is 1.89 bits per heavy atom. The van der Waals surface area contributed by atoms with Gasteiger partial charge >= 0.3 is 5.97 Å². The Kier molecular flexibility index (Phi) is 3.75. The molecule has 1 unspecified atom stereocenters. The molecule has 0 saturated carbocycles. The number of hydrogen-bond donors (Lipinski definition) is 0. The number of hydrogen-bond acceptors (Lipinski definition) is 4. The van der Waals surface area contributed by atoms with E-state index in [0.29, 0.717) is 11.3 Å². The maximum Gasteiger partial charge on any atom is 0.309 e. The molecule has 0 heterocycles. The van der Waals surface area contributed by atoms with E-state index in [-0.39, 0.29) is 23.2 Å². The Balaban J connectivity index is 2.23. The minimum absolute atomic E-state index is 0.225. The summed E-state index contributed by atoms with van der Waals surface area (Å²) >= 11 is 0. The molecule has 4 nitrogen and oxygen atoms in total. The first kappa shape index (κ1) is 13.8. The van der Waals surface area contributed by atoms with Crippen LogP contribution < -0.4 is 0 Å². The Hall–Kier alpha value is -1.62. The van der Waals surface area contributed by atoms with Crippen LogP contribution in [0.25, 0.3) is 0 Å². The van der Waals surface area contributed by atoms with Crippen molar-refractivity contribution in [3.8, 4) is 0 Å². The van der Waals surface area contributed by atoms with Gasteiger partial charge in [-0.2, -0.15) is 0 Å². The van der Waals surface area contributed by atoms with E-state index < -0.39 is 9.84 Å². The van der Waals surface area contributed by atoms with Crippen LogP contribution in [0.4, 0.5) is 0 Å². The van der Waals surface area contributed by atoms with Crippen molar-refractivity contribution < 1.29 is 17.9 Å². The van der Waals surface area contributed by atoms with Gasteiger partial charge in [0.05, 0.1) is 17.9 Å². The summed E-state index contributed by atoms with van der Waals surface area (Å²) < 4.78 is 29.4. The quantitative estimate of drug-likeness (QED) is 0.797. The molecule has 0 aliphatic heterocycles. The molecule has 0 bridgehead atoms. The van der Waals surface area contributed by atoms with Gasteiger partial charge in [0.2, 0.25) is 9.84 Å². The fourth-order valence-corrected chi connectivity index (χ4v) is 3.65. The number of aryl methyl sites for hydroxylation is 1. The van der Waals surface area contributed by atoms with Crippen LogP contribution in [0.5, 0.6) is 0 Å². The molecule has 2 rings (SSSR count). The number of sulfone groups is 1. The van der Waals surface area contributed by atoms with E-state index in [1.165, 1.54) is 7.11 Å². The number of allylic oxidation sites excluding steroid dienone is 2. The molecule has 1 aromatic carbocycles. The van der Waals surface area contributed by atoms with Crippen LogP contribution in [0.2, 0.25) is 0 Å². The summed E-state index contributed by atoms with van der Waals surface area (Å²) in [7, 11) is -2.16. The maximum atomic E-state index is 12.4. The first-order valence-corrected chi connectivity index (χ1v) is 7.52. The normalized spacial score (nSPS) is 19.1. The lowest BCUT2D eigenvalue weighted by Gasteiger charge is -2.08. The lowest BCUT2D eigenvalue weighted by atomic mass is 10.1. The van der Waals surface area contributed by atoms with Crippen molar-refractivity contribution in [1.82, 2.24) is 0 Å². The molecule has 102 valence electrons. The zero-order chi connectivity index (χ0) is 14.0. The Morgan fingerprint density at radius 1 is 1.26 bits per heavy atom. The highest BCUT2D eigenvalue weighted by Crippen LogP contribution is 2.33.